The number of carbonyl (C=O) groups excluding carboxylic acids is 1. The van der Waals surface area contributed by atoms with Crippen LogP contribution in [0.1, 0.15) is 11.6 Å². The fourth-order valence-corrected chi connectivity index (χ4v) is 2.54. The molecule has 1 aromatic rings. The summed E-state index contributed by atoms with van der Waals surface area (Å²) in [7, 11) is 3.94. The smallest absolute Gasteiger partial charge is 0.239 e. The third-order valence-electron chi connectivity index (χ3n) is 2.97. The molecule has 6 nitrogen and oxygen atoms in total. The summed E-state index contributed by atoms with van der Waals surface area (Å²) in [6, 6.07) is 3.05. The number of benzene rings is 1. The highest BCUT2D eigenvalue weighted by atomic mass is 79.9. The van der Waals surface area contributed by atoms with Gasteiger partial charge in [-0.25, -0.2) is 0 Å². The van der Waals surface area contributed by atoms with Crippen molar-refractivity contribution in [3.05, 3.63) is 22.2 Å². The van der Waals surface area contributed by atoms with E-state index in [1.54, 1.807) is 6.07 Å². The summed E-state index contributed by atoms with van der Waals surface area (Å²) >= 11 is 3.41. The Morgan fingerprint density at radius 3 is 2.90 bits per heavy atom. The molecule has 1 aliphatic heterocycles. The molecule has 1 amide bonds. The fourth-order valence-electron chi connectivity index (χ4n) is 1.97. The Balaban J connectivity index is 2.17. The second kappa shape index (κ2) is 6.43. The molecule has 0 bridgehead atoms. The molecule has 0 aromatic heterocycles. The standard InChI is InChI=1S/C13H18BrN3O3/c1-17(2)4-3-16-11(13(15)18)8-5-9(14)12-10(6-8)19-7-20-12/h5-6,11,16H,3-4,7H2,1-2H3,(H2,15,18). The van der Waals surface area contributed by atoms with Gasteiger partial charge >= 0.3 is 0 Å². The van der Waals surface area contributed by atoms with Gasteiger partial charge in [-0.2, -0.15) is 0 Å². The number of hydrogen-bond donors (Lipinski definition) is 2. The molecule has 0 radical (unpaired) electrons. The lowest BCUT2D eigenvalue weighted by Crippen LogP contribution is -2.37. The van der Waals surface area contributed by atoms with Crippen molar-refractivity contribution in [2.75, 3.05) is 34.0 Å². The van der Waals surface area contributed by atoms with E-state index in [4.69, 9.17) is 15.2 Å². The summed E-state index contributed by atoms with van der Waals surface area (Å²) in [5, 5.41) is 3.15. The van der Waals surface area contributed by atoms with E-state index in [0.29, 0.717) is 18.0 Å². The molecular formula is C13H18BrN3O3. The van der Waals surface area contributed by atoms with Gasteiger partial charge in [0.1, 0.15) is 6.04 Å². The largest absolute Gasteiger partial charge is 0.454 e. The molecule has 2 rings (SSSR count). The van der Waals surface area contributed by atoms with Crippen molar-refractivity contribution in [3.63, 3.8) is 0 Å². The Labute approximate surface area is 126 Å². The molecule has 0 saturated carbocycles. The minimum atomic E-state index is -0.555. The van der Waals surface area contributed by atoms with Crippen LogP contribution in [0.2, 0.25) is 0 Å². The molecular weight excluding hydrogens is 326 g/mol. The maximum absolute atomic E-state index is 11.6. The maximum atomic E-state index is 11.6. The number of nitrogens with two attached hydrogens (primary N) is 1. The van der Waals surface area contributed by atoms with Crippen molar-refractivity contribution < 1.29 is 14.3 Å². The molecule has 7 heteroatoms. The van der Waals surface area contributed by atoms with Crippen molar-refractivity contribution in [2.24, 2.45) is 5.73 Å². The molecule has 1 atom stereocenters. The number of halogens is 1. The second-order valence-corrected chi connectivity index (χ2v) is 5.68. The molecule has 110 valence electrons. The minimum absolute atomic E-state index is 0.187. The second-order valence-electron chi connectivity index (χ2n) is 4.83. The average molecular weight is 344 g/mol. The number of likely N-dealkylation sites (N-methyl/N-ethyl adjacent to an activating group) is 1. The van der Waals surface area contributed by atoms with E-state index in [-0.39, 0.29) is 6.79 Å². The number of amides is 1. The lowest BCUT2D eigenvalue weighted by Gasteiger charge is -2.18. The Morgan fingerprint density at radius 1 is 1.50 bits per heavy atom. The minimum Gasteiger partial charge on any atom is -0.454 e. The van der Waals surface area contributed by atoms with Gasteiger partial charge < -0.3 is 25.4 Å². The van der Waals surface area contributed by atoms with Crippen LogP contribution < -0.4 is 20.5 Å². The fraction of sp³-hybridized carbons (Fsp3) is 0.462. The van der Waals surface area contributed by atoms with Crippen molar-refractivity contribution >= 4 is 21.8 Å². The number of ether oxygens (including phenoxy) is 2. The molecule has 1 aromatic carbocycles. The van der Waals surface area contributed by atoms with E-state index < -0.39 is 11.9 Å². The Hall–Kier alpha value is -1.31. The molecule has 1 heterocycles. The Morgan fingerprint density at radius 2 is 2.25 bits per heavy atom. The van der Waals surface area contributed by atoms with E-state index in [1.807, 2.05) is 25.1 Å². The van der Waals surface area contributed by atoms with Crippen molar-refractivity contribution in [2.45, 2.75) is 6.04 Å². The number of primary amides is 1. The number of hydrogen-bond acceptors (Lipinski definition) is 5. The van der Waals surface area contributed by atoms with Gasteiger partial charge in [0.25, 0.3) is 0 Å². The SMILES string of the molecule is CN(C)CCNC(C(N)=O)c1cc(Br)c2c(c1)OCO2. The van der Waals surface area contributed by atoms with Crippen molar-refractivity contribution in [1.29, 1.82) is 0 Å². The van der Waals surface area contributed by atoms with Crippen LogP contribution in [0, 0.1) is 0 Å². The zero-order valence-electron chi connectivity index (χ0n) is 11.5. The van der Waals surface area contributed by atoms with Crippen LogP contribution in [0.5, 0.6) is 11.5 Å². The number of rotatable bonds is 6. The molecule has 3 N–H and O–H groups in total. The number of fused-ring (bicyclic) bond motifs is 1. The molecule has 1 aliphatic rings. The summed E-state index contributed by atoms with van der Waals surface area (Å²) in [4.78, 5) is 13.7. The predicted molar refractivity (Wildman–Crippen MR) is 78.8 cm³/mol. The highest BCUT2D eigenvalue weighted by Gasteiger charge is 2.23. The van der Waals surface area contributed by atoms with E-state index in [0.717, 1.165) is 16.6 Å². The topological polar surface area (TPSA) is 76.8 Å². The summed E-state index contributed by atoms with van der Waals surface area (Å²) in [5.41, 5.74) is 6.24. The number of carbonyl (C=O) groups is 1. The van der Waals surface area contributed by atoms with Crippen LogP contribution in [0.15, 0.2) is 16.6 Å². The van der Waals surface area contributed by atoms with Crippen molar-refractivity contribution in [3.8, 4) is 11.5 Å². The zero-order chi connectivity index (χ0) is 14.7. The number of nitrogens with zero attached hydrogens (tertiary/aromatic N) is 1. The molecule has 1 unspecified atom stereocenters. The van der Waals surface area contributed by atoms with Crippen LogP contribution >= 0.6 is 15.9 Å². The van der Waals surface area contributed by atoms with Gasteiger partial charge in [-0.1, -0.05) is 0 Å². The first kappa shape index (κ1) is 15.1. The normalized spacial score (nSPS) is 14.6. The molecule has 0 fully saturated rings. The summed E-state index contributed by atoms with van der Waals surface area (Å²) < 4.78 is 11.4. The van der Waals surface area contributed by atoms with Gasteiger partial charge in [0, 0.05) is 13.1 Å². The highest BCUT2D eigenvalue weighted by molar-refractivity contribution is 9.10. The first-order valence-electron chi connectivity index (χ1n) is 6.25. The molecule has 0 spiro atoms. The Bertz CT molecular complexity index is 508. The van der Waals surface area contributed by atoms with Crippen LogP contribution in [0.4, 0.5) is 0 Å². The van der Waals surface area contributed by atoms with Crippen LogP contribution in [-0.2, 0) is 4.79 Å². The molecule has 20 heavy (non-hydrogen) atoms. The average Bonchev–Trinajstić information content (AvgIpc) is 2.82. The third-order valence-corrected chi connectivity index (χ3v) is 3.56. The first-order valence-corrected chi connectivity index (χ1v) is 7.05. The first-order chi connectivity index (χ1) is 9.49. The maximum Gasteiger partial charge on any atom is 0.239 e. The van der Waals surface area contributed by atoms with E-state index >= 15 is 0 Å². The zero-order valence-corrected chi connectivity index (χ0v) is 13.1. The summed E-state index contributed by atoms with van der Waals surface area (Å²) in [6.07, 6.45) is 0. The van der Waals surface area contributed by atoms with E-state index in [2.05, 4.69) is 21.2 Å². The summed E-state index contributed by atoms with van der Waals surface area (Å²) in [5.74, 6) is 0.856. The lowest BCUT2D eigenvalue weighted by atomic mass is 10.1. The molecule has 0 aliphatic carbocycles. The van der Waals surface area contributed by atoms with Gasteiger partial charge in [0.2, 0.25) is 12.7 Å². The van der Waals surface area contributed by atoms with Crippen LogP contribution in [0.3, 0.4) is 0 Å². The van der Waals surface area contributed by atoms with Crippen LogP contribution in [0.25, 0.3) is 0 Å². The number of nitrogens with one attached hydrogen (secondary N) is 1. The monoisotopic (exact) mass is 343 g/mol. The van der Waals surface area contributed by atoms with Gasteiger partial charge in [-0.05, 0) is 47.7 Å². The predicted octanol–water partition coefficient (Wildman–Crippen LogP) is 0.855. The van der Waals surface area contributed by atoms with E-state index in [9.17, 15) is 4.79 Å². The van der Waals surface area contributed by atoms with Gasteiger partial charge in [-0.3, -0.25) is 4.79 Å². The quantitative estimate of drug-likeness (QED) is 0.800. The highest BCUT2D eigenvalue weighted by Crippen LogP contribution is 2.41. The van der Waals surface area contributed by atoms with Crippen molar-refractivity contribution in [1.82, 2.24) is 10.2 Å². The van der Waals surface area contributed by atoms with Gasteiger partial charge in [0.15, 0.2) is 11.5 Å². The van der Waals surface area contributed by atoms with Gasteiger partial charge in [-0.15, -0.1) is 0 Å². The molecule has 0 saturated heterocycles. The summed E-state index contributed by atoms with van der Waals surface area (Å²) in [6.45, 7) is 1.66. The van der Waals surface area contributed by atoms with Gasteiger partial charge in [0.05, 0.1) is 4.47 Å². The van der Waals surface area contributed by atoms with Crippen LogP contribution in [-0.4, -0.2) is 44.8 Å². The third kappa shape index (κ3) is 3.41. The van der Waals surface area contributed by atoms with E-state index in [1.165, 1.54) is 0 Å². The lowest BCUT2D eigenvalue weighted by molar-refractivity contribution is -0.120. The Kier molecular flexibility index (Phi) is 4.85.